The summed E-state index contributed by atoms with van der Waals surface area (Å²) in [4.78, 5) is 24.7. The molecule has 14 nitrogen and oxygen atoms in total. The van der Waals surface area contributed by atoms with Crippen LogP contribution in [0.5, 0.6) is 11.5 Å². The van der Waals surface area contributed by atoms with Crippen molar-refractivity contribution in [3.05, 3.63) is 54.1 Å². The highest BCUT2D eigenvalue weighted by Crippen LogP contribution is 2.36. The SMILES string of the molecule is CC(=O)N(N)CCCCC(C)(C)CN(C[C@@H](O)[C@H](Cc1ccccc1)NC(=O)O[C@H]1CO[C@H]2OCC[C@H]21)S(=O)(=O)c1ccc2c(c1)OCO2. The van der Waals surface area contributed by atoms with Crippen molar-refractivity contribution < 1.29 is 46.8 Å². The number of amides is 2. The zero-order chi connectivity index (χ0) is 35.2. The van der Waals surface area contributed by atoms with Gasteiger partial charge in [0.05, 0.1) is 36.2 Å². The molecule has 2 amide bonds. The third-order valence-corrected chi connectivity index (χ3v) is 11.0. The molecule has 15 heteroatoms. The lowest BCUT2D eigenvalue weighted by Gasteiger charge is -2.35. The molecule has 0 bridgehead atoms. The quantitative estimate of drug-likeness (QED) is 0.101. The number of rotatable bonds is 16. The Kier molecular flexibility index (Phi) is 12.0. The van der Waals surface area contributed by atoms with Crippen molar-refractivity contribution in [3.8, 4) is 11.5 Å². The standard InChI is InChI=1S/C34H48N4O10S/c1-23(39)38(35)15-8-7-14-34(2,3)21-37(49(42,43)25-11-12-29-30(18-25)47-22-46-29)19-28(40)27(17-24-9-5-4-6-10-24)36-33(41)48-31-20-45-32-26(31)13-16-44-32/h4-6,9-12,18,26-28,31-32,40H,7-8,13-17,19-22,35H2,1-3H3,(H,36,41)/t26-,27-,28+,31-,32+/m0/s1. The first-order valence-electron chi connectivity index (χ1n) is 16.7. The van der Waals surface area contributed by atoms with Crippen LogP contribution in [0.4, 0.5) is 4.79 Å². The summed E-state index contributed by atoms with van der Waals surface area (Å²) < 4.78 is 57.6. The number of aliphatic hydroxyl groups excluding tert-OH is 1. The second-order valence-electron chi connectivity index (χ2n) is 13.6. The third kappa shape index (κ3) is 9.61. The lowest BCUT2D eigenvalue weighted by molar-refractivity contribution is -0.129. The average molecular weight is 705 g/mol. The fraction of sp³-hybridized carbons (Fsp3) is 0.588. The van der Waals surface area contributed by atoms with E-state index in [4.69, 9.17) is 29.5 Å². The van der Waals surface area contributed by atoms with Gasteiger partial charge in [-0.25, -0.2) is 19.1 Å². The summed E-state index contributed by atoms with van der Waals surface area (Å²) in [6.07, 6.45) is -0.0592. The predicted octanol–water partition coefficient (Wildman–Crippen LogP) is 2.78. The van der Waals surface area contributed by atoms with Crippen LogP contribution in [0, 0.1) is 11.3 Å². The van der Waals surface area contributed by atoms with Gasteiger partial charge in [-0.3, -0.25) is 9.80 Å². The number of unbranched alkanes of at least 4 members (excludes halogenated alkanes) is 1. The molecule has 0 spiro atoms. The summed E-state index contributed by atoms with van der Waals surface area (Å²) in [6, 6.07) is 12.8. The number of nitrogens with two attached hydrogens (primary N) is 1. The number of hydrogen-bond acceptors (Lipinski definition) is 11. The number of carbonyl (C=O) groups excluding carboxylic acids is 2. The molecule has 2 fully saturated rings. The van der Waals surface area contributed by atoms with Crippen LogP contribution in [-0.2, 0) is 35.4 Å². The second-order valence-corrected chi connectivity index (χ2v) is 15.6. The fourth-order valence-electron chi connectivity index (χ4n) is 6.39. The van der Waals surface area contributed by atoms with E-state index in [1.54, 1.807) is 6.07 Å². The average Bonchev–Trinajstić information content (AvgIpc) is 3.81. The Bertz CT molecular complexity index is 1540. The molecule has 3 aliphatic rings. The van der Waals surface area contributed by atoms with Crippen molar-refractivity contribution in [1.82, 2.24) is 14.6 Å². The first-order chi connectivity index (χ1) is 23.3. The molecule has 5 atom stereocenters. The summed E-state index contributed by atoms with van der Waals surface area (Å²) in [5.41, 5.74) is 0.299. The minimum Gasteiger partial charge on any atom is -0.454 e. The van der Waals surface area contributed by atoms with Crippen molar-refractivity contribution >= 4 is 22.0 Å². The van der Waals surface area contributed by atoms with E-state index in [0.29, 0.717) is 50.3 Å². The van der Waals surface area contributed by atoms with Gasteiger partial charge in [-0.05, 0) is 48.8 Å². The number of aliphatic hydroxyl groups is 1. The molecule has 0 aromatic heterocycles. The van der Waals surface area contributed by atoms with Gasteiger partial charge in [-0.15, -0.1) is 0 Å². The molecule has 49 heavy (non-hydrogen) atoms. The van der Waals surface area contributed by atoms with E-state index in [1.165, 1.54) is 23.4 Å². The second kappa shape index (κ2) is 16.0. The Hall–Kier alpha value is -3.47. The number of carbonyl (C=O) groups is 2. The summed E-state index contributed by atoms with van der Waals surface area (Å²) in [5.74, 6) is 6.21. The molecule has 0 unspecified atom stereocenters. The number of nitrogens with one attached hydrogen (secondary N) is 1. The molecule has 5 rings (SSSR count). The largest absolute Gasteiger partial charge is 0.454 e. The summed E-state index contributed by atoms with van der Waals surface area (Å²) in [5, 5.41) is 15.7. The van der Waals surface area contributed by atoms with Crippen molar-refractivity contribution in [1.29, 1.82) is 0 Å². The predicted molar refractivity (Wildman–Crippen MR) is 178 cm³/mol. The van der Waals surface area contributed by atoms with Crippen LogP contribution in [-0.4, -0.2) is 99.0 Å². The molecular formula is C34H48N4O10S. The summed E-state index contributed by atoms with van der Waals surface area (Å²) >= 11 is 0. The molecule has 0 saturated carbocycles. The molecule has 3 aliphatic heterocycles. The van der Waals surface area contributed by atoms with E-state index in [0.717, 1.165) is 10.6 Å². The molecular weight excluding hydrogens is 656 g/mol. The molecule has 2 saturated heterocycles. The first-order valence-corrected chi connectivity index (χ1v) is 18.1. The van der Waals surface area contributed by atoms with Crippen LogP contribution in [0.2, 0.25) is 0 Å². The van der Waals surface area contributed by atoms with E-state index in [2.05, 4.69) is 5.32 Å². The molecule has 2 aromatic rings. The zero-order valence-corrected chi connectivity index (χ0v) is 29.1. The van der Waals surface area contributed by atoms with Crippen LogP contribution in [0.3, 0.4) is 0 Å². The number of alkyl carbamates (subject to hydrolysis) is 1. The van der Waals surface area contributed by atoms with Crippen molar-refractivity contribution in [3.63, 3.8) is 0 Å². The molecule has 4 N–H and O–H groups in total. The Morgan fingerprint density at radius 3 is 2.61 bits per heavy atom. The number of hydrazine groups is 1. The minimum absolute atomic E-state index is 0.0114. The van der Waals surface area contributed by atoms with E-state index < -0.39 is 46.1 Å². The van der Waals surface area contributed by atoms with Gasteiger partial charge in [0.25, 0.3) is 0 Å². The molecule has 0 radical (unpaired) electrons. The Morgan fingerprint density at radius 1 is 1.10 bits per heavy atom. The fourth-order valence-corrected chi connectivity index (χ4v) is 8.05. The summed E-state index contributed by atoms with van der Waals surface area (Å²) in [6.45, 7) is 6.16. The lowest BCUT2D eigenvalue weighted by Crippen LogP contribution is -2.52. The van der Waals surface area contributed by atoms with Crippen LogP contribution >= 0.6 is 0 Å². The Labute approximate surface area is 287 Å². The van der Waals surface area contributed by atoms with Crippen molar-refractivity contribution in [2.24, 2.45) is 17.2 Å². The first kappa shape index (κ1) is 36.8. The number of sulfonamides is 1. The van der Waals surface area contributed by atoms with Crippen LogP contribution in [0.25, 0.3) is 0 Å². The maximum atomic E-state index is 14.3. The van der Waals surface area contributed by atoms with Gasteiger partial charge in [0.15, 0.2) is 17.8 Å². The number of nitrogens with zero attached hydrogens (tertiary/aromatic N) is 2. The Morgan fingerprint density at radius 2 is 1.86 bits per heavy atom. The van der Waals surface area contributed by atoms with Gasteiger partial charge < -0.3 is 34.1 Å². The maximum Gasteiger partial charge on any atom is 0.407 e. The van der Waals surface area contributed by atoms with Crippen LogP contribution in [0.1, 0.15) is 52.0 Å². The lowest BCUT2D eigenvalue weighted by atomic mass is 9.87. The van der Waals surface area contributed by atoms with Gasteiger partial charge in [0.1, 0.15) is 6.10 Å². The number of hydrogen-bond donors (Lipinski definition) is 3. The van der Waals surface area contributed by atoms with E-state index in [-0.39, 0.29) is 49.6 Å². The number of fused-ring (bicyclic) bond motifs is 2. The Balaban J connectivity index is 1.35. The molecule has 270 valence electrons. The van der Waals surface area contributed by atoms with Crippen molar-refractivity contribution in [2.45, 2.75) is 82.3 Å². The normalized spacial score (nSPS) is 21.3. The number of benzene rings is 2. The van der Waals surface area contributed by atoms with Gasteiger partial charge in [-0.2, -0.15) is 4.31 Å². The highest BCUT2D eigenvalue weighted by molar-refractivity contribution is 7.89. The highest BCUT2D eigenvalue weighted by Gasteiger charge is 2.44. The minimum atomic E-state index is -4.18. The van der Waals surface area contributed by atoms with Crippen molar-refractivity contribution in [2.75, 3.05) is 39.6 Å². The molecule has 0 aliphatic carbocycles. The maximum absolute atomic E-state index is 14.3. The van der Waals surface area contributed by atoms with Gasteiger partial charge in [0.2, 0.25) is 22.7 Å². The smallest absolute Gasteiger partial charge is 0.407 e. The molecule has 2 aromatic carbocycles. The third-order valence-electron chi connectivity index (χ3n) is 9.19. The van der Waals surface area contributed by atoms with E-state index in [1.807, 2.05) is 44.2 Å². The number of ether oxygens (including phenoxy) is 5. The summed E-state index contributed by atoms with van der Waals surface area (Å²) in [7, 11) is -4.18. The van der Waals surface area contributed by atoms with Crippen LogP contribution in [0.15, 0.2) is 53.4 Å². The molecule has 3 heterocycles. The van der Waals surface area contributed by atoms with E-state index >= 15 is 0 Å². The zero-order valence-electron chi connectivity index (χ0n) is 28.3. The van der Waals surface area contributed by atoms with Gasteiger partial charge in [-0.1, -0.05) is 50.6 Å². The highest BCUT2D eigenvalue weighted by atomic mass is 32.2. The van der Waals surface area contributed by atoms with Crippen LogP contribution < -0.4 is 20.6 Å². The monoisotopic (exact) mass is 704 g/mol. The van der Waals surface area contributed by atoms with E-state index in [9.17, 15) is 23.1 Å². The van der Waals surface area contributed by atoms with Gasteiger partial charge in [0, 0.05) is 32.6 Å². The topological polar surface area (TPSA) is 179 Å². The van der Waals surface area contributed by atoms with Gasteiger partial charge >= 0.3 is 6.09 Å².